The highest BCUT2D eigenvalue weighted by Crippen LogP contribution is 2.38. The summed E-state index contributed by atoms with van der Waals surface area (Å²) >= 11 is 0. The molecule has 3 aromatic carbocycles. The summed E-state index contributed by atoms with van der Waals surface area (Å²) < 4.78 is 0. The average Bonchev–Trinajstić information content (AvgIpc) is 2.80. The molecule has 184 valence electrons. The Labute approximate surface area is 201 Å². The number of phenolic OH excluding ortho intramolecular Hbond substituents is 1. The van der Waals surface area contributed by atoms with Gasteiger partial charge in [-0.1, -0.05) is 74.5 Å². The second-order valence-electron chi connectivity index (χ2n) is 8.14. The fourth-order valence-electron chi connectivity index (χ4n) is 3.36. The molecule has 1 N–H and O–H groups in total. The lowest BCUT2D eigenvalue weighted by Gasteiger charge is -2.24. The third-order valence-electron chi connectivity index (χ3n) is 4.78. The normalized spacial score (nSPS) is 10.5. The van der Waals surface area contributed by atoms with E-state index in [1.807, 2.05) is 0 Å². The fourth-order valence-corrected chi connectivity index (χ4v) is 3.36. The van der Waals surface area contributed by atoms with Gasteiger partial charge < -0.3 is 5.11 Å². The monoisotopic (exact) mass is 482 g/mol. The molecule has 0 bridgehead atoms. The Balaban J connectivity index is 0.000000251. The fraction of sp³-hybridized carbons (Fsp3) is 0.250. The van der Waals surface area contributed by atoms with E-state index in [1.54, 1.807) is 0 Å². The van der Waals surface area contributed by atoms with E-state index in [1.165, 1.54) is 11.1 Å². The number of nitro groups is 3. The number of aromatic hydroxyl groups is 1. The molecule has 0 atom stereocenters. The van der Waals surface area contributed by atoms with E-state index in [4.69, 9.17) is 5.11 Å². The zero-order valence-electron chi connectivity index (χ0n) is 19.3. The average molecular weight is 482 g/mol. The van der Waals surface area contributed by atoms with Crippen molar-refractivity contribution in [3.05, 3.63) is 114 Å². The van der Waals surface area contributed by atoms with Crippen LogP contribution in [0.15, 0.2) is 72.8 Å². The second-order valence-corrected chi connectivity index (χ2v) is 8.14. The minimum Gasteiger partial charge on any atom is -0.497 e. The number of nitrogens with zero attached hydrogens (tertiary/aromatic N) is 4. The van der Waals surface area contributed by atoms with Crippen LogP contribution in [0.1, 0.15) is 25.0 Å². The molecule has 11 heteroatoms. The lowest BCUT2D eigenvalue weighted by atomic mass is 10.1. The van der Waals surface area contributed by atoms with Crippen molar-refractivity contribution in [1.29, 1.82) is 0 Å². The Kier molecular flexibility index (Phi) is 9.79. The van der Waals surface area contributed by atoms with Gasteiger partial charge in [0.15, 0.2) is 0 Å². The number of rotatable bonds is 9. The molecule has 3 aromatic rings. The molecule has 0 aromatic heterocycles. The van der Waals surface area contributed by atoms with E-state index >= 15 is 0 Å². The van der Waals surface area contributed by atoms with Gasteiger partial charge in [0.05, 0.1) is 26.9 Å². The zero-order valence-corrected chi connectivity index (χ0v) is 19.3. The quantitative estimate of drug-likeness (QED) is 0.311. The number of phenols is 1. The first-order valence-corrected chi connectivity index (χ1v) is 10.7. The second kappa shape index (κ2) is 12.8. The Hall–Kier alpha value is -4.38. The molecule has 35 heavy (non-hydrogen) atoms. The van der Waals surface area contributed by atoms with Crippen LogP contribution in [0.25, 0.3) is 0 Å². The third kappa shape index (κ3) is 8.48. The summed E-state index contributed by atoms with van der Waals surface area (Å²) in [5, 5.41) is 40.2. The van der Waals surface area contributed by atoms with E-state index in [-0.39, 0.29) is 0 Å². The first-order chi connectivity index (χ1) is 16.6. The highest BCUT2D eigenvalue weighted by Gasteiger charge is 2.30. The highest BCUT2D eigenvalue weighted by molar-refractivity contribution is 5.64. The summed E-state index contributed by atoms with van der Waals surface area (Å²) in [5.41, 5.74) is -0.226. The molecule has 0 unspecified atom stereocenters. The van der Waals surface area contributed by atoms with Crippen LogP contribution >= 0.6 is 0 Å². The van der Waals surface area contributed by atoms with Crippen molar-refractivity contribution in [1.82, 2.24) is 4.90 Å². The SMILES string of the molecule is CC(C)CN(Cc1ccccc1)Cc1ccccc1.O=[N+]([O-])c1cc([N+](=O)[O-])c(O)c([N+](=O)[O-])c1. The van der Waals surface area contributed by atoms with Gasteiger partial charge in [-0.05, 0) is 17.0 Å². The van der Waals surface area contributed by atoms with Crippen LogP contribution in [0, 0.1) is 36.3 Å². The van der Waals surface area contributed by atoms with Gasteiger partial charge in [-0.15, -0.1) is 0 Å². The van der Waals surface area contributed by atoms with Crippen LogP contribution in [-0.2, 0) is 13.1 Å². The number of benzene rings is 3. The molecule has 0 aliphatic heterocycles. The van der Waals surface area contributed by atoms with E-state index in [0.717, 1.165) is 19.6 Å². The Morgan fingerprint density at radius 2 is 1.14 bits per heavy atom. The minimum absolute atomic E-state index is 0.447. The van der Waals surface area contributed by atoms with Crippen molar-refractivity contribution in [3.63, 3.8) is 0 Å². The summed E-state index contributed by atoms with van der Waals surface area (Å²) in [5.74, 6) is -0.520. The summed E-state index contributed by atoms with van der Waals surface area (Å²) in [4.78, 5) is 30.3. The zero-order chi connectivity index (χ0) is 26.0. The Morgan fingerprint density at radius 3 is 1.46 bits per heavy atom. The van der Waals surface area contributed by atoms with Crippen LogP contribution in [0.5, 0.6) is 5.75 Å². The summed E-state index contributed by atoms with van der Waals surface area (Å²) in [7, 11) is 0. The molecule has 0 fully saturated rings. The lowest BCUT2D eigenvalue weighted by molar-refractivity contribution is -0.404. The molecular formula is C24H26N4O7. The van der Waals surface area contributed by atoms with Crippen molar-refractivity contribution in [2.45, 2.75) is 26.9 Å². The summed E-state index contributed by atoms with van der Waals surface area (Å²) in [6.07, 6.45) is 0. The lowest BCUT2D eigenvalue weighted by Crippen LogP contribution is -2.26. The van der Waals surface area contributed by atoms with Crippen LogP contribution in [0.3, 0.4) is 0 Å². The first kappa shape index (κ1) is 26.9. The van der Waals surface area contributed by atoms with Crippen molar-refractivity contribution in [2.75, 3.05) is 6.54 Å². The topological polar surface area (TPSA) is 153 Å². The summed E-state index contributed by atoms with van der Waals surface area (Å²) in [6.45, 7) is 7.73. The van der Waals surface area contributed by atoms with Crippen molar-refractivity contribution in [3.8, 4) is 5.75 Å². The molecule has 0 aliphatic rings. The van der Waals surface area contributed by atoms with Crippen LogP contribution in [0.2, 0.25) is 0 Å². The van der Waals surface area contributed by atoms with Gasteiger partial charge in [-0.25, -0.2) is 0 Å². The van der Waals surface area contributed by atoms with Crippen LogP contribution in [0.4, 0.5) is 17.1 Å². The van der Waals surface area contributed by atoms with E-state index < -0.39 is 37.6 Å². The number of nitro benzene ring substituents is 3. The number of non-ortho nitro benzene ring substituents is 1. The molecular weight excluding hydrogens is 456 g/mol. The first-order valence-electron chi connectivity index (χ1n) is 10.7. The van der Waals surface area contributed by atoms with Crippen molar-refractivity contribution >= 4 is 17.1 Å². The Morgan fingerprint density at radius 1 is 0.743 bits per heavy atom. The summed E-state index contributed by atoms with van der Waals surface area (Å²) in [6, 6.07) is 22.3. The van der Waals surface area contributed by atoms with E-state index in [2.05, 4.69) is 79.4 Å². The predicted octanol–water partition coefficient (Wildman–Crippen LogP) is 5.46. The highest BCUT2D eigenvalue weighted by atomic mass is 16.6. The molecule has 0 aliphatic carbocycles. The van der Waals surface area contributed by atoms with Crippen LogP contribution < -0.4 is 0 Å². The molecule has 11 nitrogen and oxygen atoms in total. The molecule has 0 spiro atoms. The minimum atomic E-state index is -1.21. The maximum Gasteiger partial charge on any atom is 0.324 e. The van der Waals surface area contributed by atoms with Gasteiger partial charge in [0.1, 0.15) is 0 Å². The maximum atomic E-state index is 10.4. The van der Waals surface area contributed by atoms with Gasteiger partial charge in [0, 0.05) is 19.6 Å². The molecule has 0 radical (unpaired) electrons. The maximum absolute atomic E-state index is 10.4. The van der Waals surface area contributed by atoms with Gasteiger partial charge in [0.2, 0.25) is 0 Å². The van der Waals surface area contributed by atoms with Gasteiger partial charge in [-0.3, -0.25) is 35.2 Å². The van der Waals surface area contributed by atoms with Gasteiger partial charge in [0.25, 0.3) is 11.4 Å². The van der Waals surface area contributed by atoms with Crippen LogP contribution in [-0.4, -0.2) is 31.3 Å². The number of hydrogen-bond acceptors (Lipinski definition) is 8. The van der Waals surface area contributed by atoms with E-state index in [9.17, 15) is 30.3 Å². The number of hydrogen-bond donors (Lipinski definition) is 1. The van der Waals surface area contributed by atoms with Crippen molar-refractivity contribution in [2.24, 2.45) is 5.92 Å². The van der Waals surface area contributed by atoms with Gasteiger partial charge >= 0.3 is 11.4 Å². The van der Waals surface area contributed by atoms with Gasteiger partial charge in [-0.2, -0.15) is 0 Å². The largest absolute Gasteiger partial charge is 0.497 e. The molecule has 0 heterocycles. The molecule has 0 saturated carbocycles. The van der Waals surface area contributed by atoms with Crippen molar-refractivity contribution < 1.29 is 19.9 Å². The standard InChI is InChI=1S/C18H23N.C6H3N3O7/c1-16(2)13-19(14-17-9-5-3-6-10-17)15-18-11-7-4-8-12-18;10-6-4(8(13)14)1-3(7(11)12)2-5(6)9(15)16/h3-12,16H,13-15H2,1-2H3;1-2,10H. The van der Waals surface area contributed by atoms with E-state index in [0.29, 0.717) is 18.1 Å². The third-order valence-corrected chi connectivity index (χ3v) is 4.78. The molecule has 3 rings (SSSR count). The Bertz CT molecular complexity index is 1080. The molecule has 0 saturated heterocycles. The predicted molar refractivity (Wildman–Crippen MR) is 130 cm³/mol. The molecule has 0 amide bonds. The smallest absolute Gasteiger partial charge is 0.324 e.